The number of ether oxygens (including phenoxy) is 2. The molecule has 1 saturated carbocycles. The quantitative estimate of drug-likeness (QED) is 0.202. The smallest absolute Gasteiger partial charge is 0.491 e. The summed E-state index contributed by atoms with van der Waals surface area (Å²) in [7, 11) is -6.83. The monoisotopic (exact) mass is 661 g/mol. The maximum atomic E-state index is 13.6. The van der Waals surface area contributed by atoms with E-state index in [-0.39, 0.29) is 17.8 Å². The van der Waals surface area contributed by atoms with Gasteiger partial charge >= 0.3 is 15.8 Å². The highest BCUT2D eigenvalue weighted by Gasteiger charge is 2.40. The van der Waals surface area contributed by atoms with Crippen LogP contribution in [0.1, 0.15) is 40.2 Å². The zero-order chi connectivity index (χ0) is 32.4. The van der Waals surface area contributed by atoms with Crippen LogP contribution in [0.4, 0.5) is 13.2 Å². The molecule has 1 aliphatic carbocycles. The van der Waals surface area contributed by atoms with Crippen molar-refractivity contribution in [3.8, 4) is 11.5 Å². The molecule has 0 N–H and O–H groups in total. The van der Waals surface area contributed by atoms with Gasteiger partial charge in [-0.2, -0.15) is 13.2 Å². The van der Waals surface area contributed by atoms with Gasteiger partial charge in [-0.15, -0.1) is 8.42 Å². The van der Waals surface area contributed by atoms with Crippen molar-refractivity contribution in [3.63, 3.8) is 0 Å². The number of alkyl halides is 3. The number of imidazole rings is 1. The number of rotatable bonds is 8. The second-order valence-corrected chi connectivity index (χ2v) is 13.1. The summed E-state index contributed by atoms with van der Waals surface area (Å²) in [5.41, 5.74) is -2.76. The van der Waals surface area contributed by atoms with Gasteiger partial charge in [0.1, 0.15) is 29.9 Å². The summed E-state index contributed by atoms with van der Waals surface area (Å²) in [4.78, 5) is 15.3. The van der Waals surface area contributed by atoms with Crippen molar-refractivity contribution >= 4 is 26.3 Å². The zero-order valence-corrected chi connectivity index (χ0v) is 25.4. The number of carbonyl (C=O) groups excluding carboxylic acids is 1. The van der Waals surface area contributed by atoms with E-state index >= 15 is 0 Å². The maximum absolute atomic E-state index is 13.6. The Hall–Kier alpha value is -3.67. The number of halogens is 3. The molecule has 12 nitrogen and oxygen atoms in total. The largest absolute Gasteiger partial charge is 0.741 e. The van der Waals surface area contributed by atoms with E-state index in [4.69, 9.17) is 26.6 Å². The Bertz CT molecular complexity index is 1720. The maximum Gasteiger partial charge on any atom is 0.491 e. The molecule has 1 aromatic heterocycles. The van der Waals surface area contributed by atoms with Crippen LogP contribution in [0.5, 0.6) is 11.5 Å². The molecule has 1 amide bonds. The third-order valence-corrected chi connectivity index (χ3v) is 8.62. The summed E-state index contributed by atoms with van der Waals surface area (Å²) in [6.07, 6.45) is 5.89. The second kappa shape index (κ2) is 12.7. The van der Waals surface area contributed by atoms with Gasteiger partial charge in [-0.25, -0.2) is 13.0 Å². The molecule has 1 saturated heterocycles. The topological polar surface area (TPSA) is 148 Å². The van der Waals surface area contributed by atoms with Crippen LogP contribution in [-0.4, -0.2) is 74.1 Å². The van der Waals surface area contributed by atoms with Crippen molar-refractivity contribution in [2.45, 2.75) is 43.4 Å². The SMILES string of the molecule is COC1CN(C(=O)c2c(C)cccc2C2CC2)CC1Oc1cccc(OS(=O)(=O)n2cc[n+](C)c2)c1.O=S(=O)([O-])C(F)(F)F. The van der Waals surface area contributed by atoms with Crippen molar-refractivity contribution < 1.29 is 57.6 Å². The molecule has 2 aliphatic rings. The fraction of sp³-hybridized carbons (Fsp3) is 0.407. The first-order valence-electron chi connectivity index (χ1n) is 13.2. The van der Waals surface area contributed by atoms with Crippen LogP contribution in [0.2, 0.25) is 0 Å². The molecule has 0 bridgehead atoms. The molecule has 5 rings (SSSR count). The highest BCUT2D eigenvalue weighted by Crippen LogP contribution is 2.42. The van der Waals surface area contributed by atoms with Crippen LogP contribution < -0.4 is 13.5 Å². The average molecular weight is 662 g/mol. The Morgan fingerprint density at radius 2 is 1.64 bits per heavy atom. The zero-order valence-electron chi connectivity index (χ0n) is 23.8. The van der Waals surface area contributed by atoms with Crippen LogP contribution in [0.25, 0.3) is 0 Å². The molecule has 2 heterocycles. The lowest BCUT2D eigenvalue weighted by molar-refractivity contribution is -0.670. The number of carbonyl (C=O) groups is 1. The molecule has 2 atom stereocenters. The lowest BCUT2D eigenvalue weighted by atomic mass is 9.97. The summed E-state index contributed by atoms with van der Waals surface area (Å²) < 4.78 is 104. The number of benzene rings is 2. The van der Waals surface area contributed by atoms with E-state index in [2.05, 4.69) is 6.07 Å². The summed E-state index contributed by atoms with van der Waals surface area (Å²) in [5.74, 6) is 1.01. The van der Waals surface area contributed by atoms with Crippen molar-refractivity contribution in [1.82, 2.24) is 8.87 Å². The third-order valence-electron chi connectivity index (χ3n) is 6.92. The third kappa shape index (κ3) is 7.88. The molecule has 1 aliphatic heterocycles. The fourth-order valence-corrected chi connectivity index (χ4v) is 5.52. The summed E-state index contributed by atoms with van der Waals surface area (Å²) in [5, 5.41) is 0. The number of aromatic nitrogens is 2. The number of likely N-dealkylation sites (tertiary alicyclic amines) is 1. The first-order chi connectivity index (χ1) is 20.5. The van der Waals surface area contributed by atoms with Gasteiger partial charge in [-0.3, -0.25) is 4.79 Å². The number of hydrogen-bond acceptors (Lipinski definition) is 9. The van der Waals surface area contributed by atoms with Gasteiger partial charge in [0.2, 0.25) is 0 Å². The van der Waals surface area contributed by atoms with Crippen molar-refractivity contribution in [1.29, 1.82) is 0 Å². The Balaban J connectivity index is 0.000000488. The summed E-state index contributed by atoms with van der Waals surface area (Å²) in [6, 6.07) is 12.5. The highest BCUT2D eigenvalue weighted by atomic mass is 32.2. The molecule has 2 aromatic carbocycles. The molecule has 240 valence electrons. The Labute approximate surface area is 252 Å². The molecule has 0 spiro atoms. The Morgan fingerprint density at radius 1 is 1.02 bits per heavy atom. The molecule has 0 radical (unpaired) electrons. The molecule has 2 unspecified atom stereocenters. The number of hydrogen-bond donors (Lipinski definition) is 0. The van der Waals surface area contributed by atoms with Crippen molar-refractivity contribution in [2.75, 3.05) is 20.2 Å². The van der Waals surface area contributed by atoms with Crippen molar-refractivity contribution in [3.05, 3.63) is 77.9 Å². The van der Waals surface area contributed by atoms with Gasteiger partial charge in [0.25, 0.3) is 12.2 Å². The number of methoxy groups -OCH3 is 1. The van der Waals surface area contributed by atoms with E-state index in [9.17, 15) is 26.4 Å². The van der Waals surface area contributed by atoms with Crippen LogP contribution in [0, 0.1) is 6.92 Å². The Morgan fingerprint density at radius 3 is 2.20 bits per heavy atom. The Kier molecular flexibility index (Phi) is 9.63. The standard InChI is InChI=1S/C26H30N3O6S.CHF3O3S/c1-18-6-4-9-22(19-10-11-19)25(18)26(30)28-15-23(33-3)24(16-28)34-20-7-5-8-21(14-20)35-36(31,32)29-13-12-27(2)17-29;2-1(3,4)8(5,6)7/h4-9,12-14,17,19,23-24H,10-11,15-16H2,1-3H3;(H,5,6,7)/q+1;/p-1. The van der Waals surface area contributed by atoms with Crippen molar-refractivity contribution in [2.24, 2.45) is 7.05 Å². The minimum Gasteiger partial charge on any atom is -0.741 e. The van der Waals surface area contributed by atoms with Crippen LogP contribution in [-0.2, 0) is 32.2 Å². The number of nitrogens with zero attached hydrogens (tertiary/aromatic N) is 3. The molecule has 44 heavy (non-hydrogen) atoms. The normalized spacial score (nSPS) is 18.8. The van der Waals surface area contributed by atoms with Crippen LogP contribution in [0.15, 0.2) is 61.2 Å². The van der Waals surface area contributed by atoms with Gasteiger partial charge in [-0.05, 0) is 48.9 Å². The van der Waals surface area contributed by atoms with E-state index in [0.29, 0.717) is 24.8 Å². The van der Waals surface area contributed by atoms with Crippen LogP contribution >= 0.6 is 0 Å². The number of amides is 1. The fourth-order valence-electron chi connectivity index (χ4n) is 4.62. The van der Waals surface area contributed by atoms with Gasteiger partial charge in [-0.1, -0.05) is 28.2 Å². The van der Waals surface area contributed by atoms with E-state index in [1.807, 2.05) is 19.1 Å². The van der Waals surface area contributed by atoms with E-state index in [1.54, 1.807) is 48.0 Å². The predicted octanol–water partition coefficient (Wildman–Crippen LogP) is 2.64. The predicted molar refractivity (Wildman–Crippen MR) is 147 cm³/mol. The van der Waals surface area contributed by atoms with Gasteiger partial charge in [0.15, 0.2) is 16.3 Å². The minimum absolute atomic E-state index is 0.00814. The van der Waals surface area contributed by atoms with E-state index < -0.39 is 32.0 Å². The summed E-state index contributed by atoms with van der Waals surface area (Å²) in [6.45, 7) is 2.75. The van der Waals surface area contributed by atoms with Gasteiger partial charge in [0.05, 0.1) is 20.1 Å². The highest BCUT2D eigenvalue weighted by molar-refractivity contribution is 7.86. The van der Waals surface area contributed by atoms with Crippen LogP contribution in [0.3, 0.4) is 0 Å². The molecule has 3 aromatic rings. The lowest BCUT2D eigenvalue weighted by Crippen LogP contribution is -2.32. The molecular formula is C27H30F3N3O9S2. The van der Waals surface area contributed by atoms with E-state index in [1.165, 1.54) is 18.6 Å². The molecule has 2 fully saturated rings. The first kappa shape index (κ1) is 33.2. The molecule has 17 heteroatoms. The lowest BCUT2D eigenvalue weighted by Gasteiger charge is -2.20. The average Bonchev–Trinajstić information content (AvgIpc) is 3.55. The van der Waals surface area contributed by atoms with E-state index in [0.717, 1.165) is 33.5 Å². The summed E-state index contributed by atoms with van der Waals surface area (Å²) >= 11 is 0. The second-order valence-electron chi connectivity index (χ2n) is 10.3. The minimum atomic E-state index is -6.09. The van der Waals surface area contributed by atoms with Gasteiger partial charge < -0.3 is 23.1 Å². The number of aryl methyl sites for hydroxylation is 2. The molecular weight excluding hydrogens is 631 g/mol. The first-order valence-corrected chi connectivity index (χ1v) is 16.0. The van der Waals surface area contributed by atoms with Gasteiger partial charge in [0, 0.05) is 18.7 Å².